The van der Waals surface area contributed by atoms with Crippen molar-refractivity contribution in [3.8, 4) is 0 Å². The highest BCUT2D eigenvalue weighted by Gasteiger charge is 2.41. The van der Waals surface area contributed by atoms with Crippen LogP contribution in [0.3, 0.4) is 0 Å². The predicted molar refractivity (Wildman–Crippen MR) is 53.4 cm³/mol. The number of carbonyl (C=O) groups excluding carboxylic acids is 1. The summed E-state index contributed by atoms with van der Waals surface area (Å²) in [5, 5.41) is 0. The molecule has 0 aromatic carbocycles. The van der Waals surface area contributed by atoms with Gasteiger partial charge in [-0.1, -0.05) is 19.4 Å². The van der Waals surface area contributed by atoms with Crippen LogP contribution >= 0.6 is 0 Å². The number of hydrogen-bond acceptors (Lipinski definition) is 1. The first kappa shape index (κ1) is 8.98. The van der Waals surface area contributed by atoms with Gasteiger partial charge in [0.1, 0.15) is 0 Å². The third-order valence-electron chi connectivity index (χ3n) is 3.71. The molecule has 0 radical (unpaired) electrons. The zero-order valence-electron chi connectivity index (χ0n) is 8.60. The van der Waals surface area contributed by atoms with E-state index in [9.17, 15) is 4.79 Å². The largest absolute Gasteiger partial charge is 0.294 e. The Morgan fingerprint density at radius 1 is 1.38 bits per heavy atom. The van der Waals surface area contributed by atoms with Crippen molar-refractivity contribution in [2.24, 2.45) is 11.8 Å². The van der Waals surface area contributed by atoms with Gasteiger partial charge >= 0.3 is 0 Å². The van der Waals surface area contributed by atoms with Crippen molar-refractivity contribution >= 4 is 5.78 Å². The Balaban J connectivity index is 2.33. The minimum atomic E-state index is 0.354. The molecule has 0 N–H and O–H groups in total. The molecule has 13 heavy (non-hydrogen) atoms. The molecule has 2 aliphatic carbocycles. The molecular weight excluding hydrogens is 160 g/mol. The van der Waals surface area contributed by atoms with E-state index in [1.54, 1.807) is 0 Å². The van der Waals surface area contributed by atoms with Gasteiger partial charge in [0.25, 0.3) is 0 Å². The molecule has 0 aromatic rings. The maximum Gasteiger partial charge on any atom is 0.162 e. The first-order valence-electron chi connectivity index (χ1n) is 5.55. The van der Waals surface area contributed by atoms with Gasteiger partial charge in [0.05, 0.1) is 0 Å². The van der Waals surface area contributed by atoms with Gasteiger partial charge in [0.15, 0.2) is 5.78 Å². The van der Waals surface area contributed by atoms with Crippen LogP contribution in [0.5, 0.6) is 0 Å². The summed E-state index contributed by atoms with van der Waals surface area (Å²) >= 11 is 0. The van der Waals surface area contributed by atoms with Gasteiger partial charge in [0.2, 0.25) is 0 Å². The summed E-state index contributed by atoms with van der Waals surface area (Å²) in [6, 6.07) is 0. The minimum absolute atomic E-state index is 0.354. The van der Waals surface area contributed by atoms with Crippen molar-refractivity contribution in [1.29, 1.82) is 0 Å². The number of ketones is 1. The van der Waals surface area contributed by atoms with E-state index in [1.807, 2.05) is 0 Å². The number of Topliss-reactive ketones (excluding diaryl/α,β-unsaturated/α-hetero) is 1. The van der Waals surface area contributed by atoms with E-state index in [-0.39, 0.29) is 0 Å². The molecule has 72 valence electrons. The minimum Gasteiger partial charge on any atom is -0.294 e. The molecule has 2 aliphatic rings. The standard InChI is InChI=1S/C12H18O/c1-3-8-10-6-5-7-11(10)9(4-2)12(8)13/h8,10H,3-7H2,1-2H3. The zero-order valence-corrected chi connectivity index (χ0v) is 8.60. The summed E-state index contributed by atoms with van der Waals surface area (Å²) in [6.45, 7) is 4.27. The molecule has 2 rings (SSSR count). The fraction of sp³-hybridized carbons (Fsp3) is 0.750. The molecule has 2 unspecified atom stereocenters. The average Bonchev–Trinajstić information content (AvgIpc) is 2.64. The zero-order chi connectivity index (χ0) is 9.42. The highest BCUT2D eigenvalue weighted by atomic mass is 16.1. The Morgan fingerprint density at radius 2 is 2.15 bits per heavy atom. The molecule has 1 nitrogen and oxygen atoms in total. The Bertz CT molecular complexity index is 262. The third kappa shape index (κ3) is 1.17. The van der Waals surface area contributed by atoms with E-state index < -0.39 is 0 Å². The molecule has 0 aromatic heterocycles. The van der Waals surface area contributed by atoms with Gasteiger partial charge in [-0.2, -0.15) is 0 Å². The van der Waals surface area contributed by atoms with Crippen LogP contribution < -0.4 is 0 Å². The maximum absolute atomic E-state index is 11.9. The Kier molecular flexibility index (Phi) is 2.27. The second-order valence-electron chi connectivity index (χ2n) is 4.24. The van der Waals surface area contributed by atoms with Crippen LogP contribution in [0.25, 0.3) is 0 Å². The van der Waals surface area contributed by atoms with Crippen molar-refractivity contribution < 1.29 is 4.79 Å². The number of hydrogen-bond donors (Lipinski definition) is 0. The fourth-order valence-electron chi connectivity index (χ4n) is 3.13. The molecule has 0 saturated heterocycles. The van der Waals surface area contributed by atoms with E-state index >= 15 is 0 Å². The average molecular weight is 178 g/mol. The summed E-state index contributed by atoms with van der Waals surface area (Å²) in [4.78, 5) is 11.9. The molecule has 0 aliphatic heterocycles. The first-order chi connectivity index (χ1) is 6.29. The van der Waals surface area contributed by atoms with Gasteiger partial charge in [-0.15, -0.1) is 0 Å². The van der Waals surface area contributed by atoms with Crippen molar-refractivity contribution in [2.45, 2.75) is 46.0 Å². The topological polar surface area (TPSA) is 17.1 Å². The molecule has 0 heterocycles. The van der Waals surface area contributed by atoms with Crippen LogP contribution in [0.15, 0.2) is 11.1 Å². The third-order valence-corrected chi connectivity index (χ3v) is 3.71. The highest BCUT2D eigenvalue weighted by Crippen LogP contribution is 2.47. The smallest absolute Gasteiger partial charge is 0.162 e. The first-order valence-corrected chi connectivity index (χ1v) is 5.55. The molecule has 2 atom stereocenters. The molecule has 0 spiro atoms. The maximum atomic E-state index is 11.9. The van der Waals surface area contributed by atoms with Crippen LogP contribution in [-0.4, -0.2) is 5.78 Å². The van der Waals surface area contributed by atoms with Gasteiger partial charge < -0.3 is 0 Å². The number of carbonyl (C=O) groups is 1. The van der Waals surface area contributed by atoms with Crippen LogP contribution in [0.4, 0.5) is 0 Å². The summed E-state index contributed by atoms with van der Waals surface area (Å²) in [7, 11) is 0. The normalized spacial score (nSPS) is 32.9. The van der Waals surface area contributed by atoms with Gasteiger partial charge in [-0.3, -0.25) is 4.79 Å². The lowest BCUT2D eigenvalue weighted by atomic mass is 9.90. The second kappa shape index (κ2) is 3.28. The number of rotatable bonds is 2. The van der Waals surface area contributed by atoms with Crippen molar-refractivity contribution in [1.82, 2.24) is 0 Å². The van der Waals surface area contributed by atoms with E-state index in [2.05, 4.69) is 13.8 Å². The van der Waals surface area contributed by atoms with E-state index in [1.165, 1.54) is 30.4 Å². The molecular formula is C12H18O. The Morgan fingerprint density at radius 3 is 2.77 bits per heavy atom. The summed E-state index contributed by atoms with van der Waals surface area (Å²) < 4.78 is 0. The molecule has 1 heteroatoms. The van der Waals surface area contributed by atoms with E-state index in [0.717, 1.165) is 12.8 Å². The van der Waals surface area contributed by atoms with Crippen molar-refractivity contribution in [3.05, 3.63) is 11.1 Å². The number of fused-ring (bicyclic) bond motifs is 1. The lowest BCUT2D eigenvalue weighted by Crippen LogP contribution is -2.15. The quantitative estimate of drug-likeness (QED) is 0.635. The number of allylic oxidation sites excluding steroid dienone is 2. The Hall–Kier alpha value is -0.590. The van der Waals surface area contributed by atoms with Gasteiger partial charge in [0, 0.05) is 5.92 Å². The molecule has 1 fully saturated rings. The highest BCUT2D eigenvalue weighted by molar-refractivity contribution is 6.01. The van der Waals surface area contributed by atoms with Crippen LogP contribution in [0, 0.1) is 11.8 Å². The Labute approximate surface area is 80.2 Å². The van der Waals surface area contributed by atoms with Gasteiger partial charge in [-0.05, 0) is 43.6 Å². The molecule has 0 bridgehead atoms. The summed E-state index contributed by atoms with van der Waals surface area (Å²) in [6.07, 6.45) is 5.78. The van der Waals surface area contributed by atoms with Gasteiger partial charge in [-0.25, -0.2) is 0 Å². The fourth-order valence-corrected chi connectivity index (χ4v) is 3.13. The molecule has 1 saturated carbocycles. The summed E-state index contributed by atoms with van der Waals surface area (Å²) in [5.74, 6) is 1.48. The van der Waals surface area contributed by atoms with Crippen LogP contribution in [0.2, 0.25) is 0 Å². The second-order valence-corrected chi connectivity index (χ2v) is 4.24. The predicted octanol–water partition coefficient (Wildman–Crippen LogP) is 3.10. The van der Waals surface area contributed by atoms with E-state index in [0.29, 0.717) is 17.6 Å². The van der Waals surface area contributed by atoms with E-state index in [4.69, 9.17) is 0 Å². The lowest BCUT2D eigenvalue weighted by molar-refractivity contribution is -0.119. The van der Waals surface area contributed by atoms with Crippen molar-refractivity contribution in [3.63, 3.8) is 0 Å². The lowest BCUT2D eigenvalue weighted by Gasteiger charge is -2.13. The SMILES string of the molecule is CCC1=C2CCCC2C(CC)C1=O. The van der Waals surface area contributed by atoms with Crippen LogP contribution in [-0.2, 0) is 4.79 Å². The molecule has 0 amide bonds. The van der Waals surface area contributed by atoms with Crippen molar-refractivity contribution in [2.75, 3.05) is 0 Å². The van der Waals surface area contributed by atoms with Crippen LogP contribution in [0.1, 0.15) is 46.0 Å². The summed E-state index contributed by atoms with van der Waals surface area (Å²) in [5.41, 5.74) is 2.72. The monoisotopic (exact) mass is 178 g/mol.